The number of halogens is 1. The fourth-order valence-corrected chi connectivity index (χ4v) is 2.06. The maximum absolute atomic E-state index is 6.16. The highest BCUT2D eigenvalue weighted by Gasteiger charge is 2.06. The molecule has 0 atom stereocenters. The molecule has 1 rings (SSSR count). The Bertz CT molecular complexity index is 366. The number of hydrogen-bond donors (Lipinski definition) is 1. The fourth-order valence-electron chi connectivity index (χ4n) is 1.83. The number of rotatable bonds is 9. The molecule has 18 heavy (non-hydrogen) atoms. The van der Waals surface area contributed by atoms with Crippen LogP contribution in [0.2, 0.25) is 5.02 Å². The van der Waals surface area contributed by atoms with Gasteiger partial charge in [-0.25, -0.2) is 0 Å². The first kappa shape index (κ1) is 15.1. The van der Waals surface area contributed by atoms with Gasteiger partial charge in [0.1, 0.15) is 5.75 Å². The summed E-state index contributed by atoms with van der Waals surface area (Å²) in [6.45, 7) is 5.48. The van der Waals surface area contributed by atoms with E-state index in [4.69, 9.17) is 16.3 Å². The fraction of sp³-hybridized carbons (Fsp3) is 0.467. The molecule has 1 aromatic carbocycles. The Kier molecular flexibility index (Phi) is 7.54. The SMILES string of the molecule is C=CCCCCCNCc1c(Cl)cccc1OC. The molecule has 0 radical (unpaired) electrons. The summed E-state index contributed by atoms with van der Waals surface area (Å²) >= 11 is 6.16. The van der Waals surface area contributed by atoms with Crippen LogP contribution in [0.25, 0.3) is 0 Å². The number of unbranched alkanes of at least 4 members (excludes halogenated alkanes) is 3. The first-order valence-corrected chi connectivity index (χ1v) is 6.80. The number of hydrogen-bond acceptors (Lipinski definition) is 2. The van der Waals surface area contributed by atoms with Gasteiger partial charge in [0.25, 0.3) is 0 Å². The first-order valence-electron chi connectivity index (χ1n) is 6.42. The highest BCUT2D eigenvalue weighted by atomic mass is 35.5. The molecule has 0 heterocycles. The van der Waals surface area contributed by atoms with Gasteiger partial charge in [0.05, 0.1) is 7.11 Å². The lowest BCUT2D eigenvalue weighted by Crippen LogP contribution is -2.15. The first-order chi connectivity index (χ1) is 8.79. The minimum Gasteiger partial charge on any atom is -0.496 e. The summed E-state index contributed by atoms with van der Waals surface area (Å²) in [6, 6.07) is 5.73. The lowest BCUT2D eigenvalue weighted by Gasteiger charge is -2.11. The number of nitrogens with one attached hydrogen (secondary N) is 1. The molecular weight excluding hydrogens is 246 g/mol. The average molecular weight is 268 g/mol. The monoisotopic (exact) mass is 267 g/mol. The molecule has 0 saturated carbocycles. The van der Waals surface area contributed by atoms with Crippen LogP contribution < -0.4 is 10.1 Å². The summed E-state index contributed by atoms with van der Waals surface area (Å²) in [7, 11) is 1.67. The summed E-state index contributed by atoms with van der Waals surface area (Å²) in [5, 5.41) is 4.16. The second-order valence-corrected chi connectivity index (χ2v) is 4.64. The van der Waals surface area contributed by atoms with Gasteiger partial charge in [-0.1, -0.05) is 30.2 Å². The second kappa shape index (κ2) is 9.01. The van der Waals surface area contributed by atoms with Crippen LogP contribution in [0.1, 0.15) is 31.2 Å². The van der Waals surface area contributed by atoms with Crippen molar-refractivity contribution in [3.05, 3.63) is 41.4 Å². The summed E-state index contributed by atoms with van der Waals surface area (Å²) < 4.78 is 5.30. The summed E-state index contributed by atoms with van der Waals surface area (Å²) in [4.78, 5) is 0. The number of allylic oxidation sites excluding steroid dienone is 1. The Labute approximate surface area is 115 Å². The van der Waals surface area contributed by atoms with Crippen molar-refractivity contribution in [2.75, 3.05) is 13.7 Å². The third-order valence-corrected chi connectivity index (χ3v) is 3.21. The van der Waals surface area contributed by atoms with E-state index in [-0.39, 0.29) is 0 Å². The van der Waals surface area contributed by atoms with Crippen LogP contribution in [0.15, 0.2) is 30.9 Å². The summed E-state index contributed by atoms with van der Waals surface area (Å²) in [5.74, 6) is 0.849. The molecule has 0 amide bonds. The zero-order chi connectivity index (χ0) is 13.2. The summed E-state index contributed by atoms with van der Waals surface area (Å²) in [6.07, 6.45) is 6.72. The second-order valence-electron chi connectivity index (χ2n) is 4.24. The van der Waals surface area contributed by atoms with Crippen molar-refractivity contribution in [3.8, 4) is 5.75 Å². The predicted octanol–water partition coefficient (Wildman–Crippen LogP) is 4.18. The van der Waals surface area contributed by atoms with E-state index >= 15 is 0 Å². The molecule has 3 heteroatoms. The number of methoxy groups -OCH3 is 1. The molecule has 0 aliphatic rings. The van der Waals surface area contributed by atoms with Crippen LogP contribution in [-0.4, -0.2) is 13.7 Å². The topological polar surface area (TPSA) is 21.3 Å². The van der Waals surface area contributed by atoms with E-state index in [1.807, 2.05) is 24.3 Å². The Morgan fingerprint density at radius 2 is 2.17 bits per heavy atom. The van der Waals surface area contributed by atoms with Crippen LogP contribution in [-0.2, 0) is 6.54 Å². The van der Waals surface area contributed by atoms with Crippen molar-refractivity contribution in [2.24, 2.45) is 0 Å². The maximum atomic E-state index is 6.16. The largest absolute Gasteiger partial charge is 0.496 e. The Hall–Kier alpha value is -0.990. The number of ether oxygens (including phenoxy) is 1. The molecule has 0 spiro atoms. The normalized spacial score (nSPS) is 10.3. The third kappa shape index (κ3) is 5.11. The molecule has 0 unspecified atom stereocenters. The van der Waals surface area contributed by atoms with Crippen LogP contribution in [0.4, 0.5) is 0 Å². The Morgan fingerprint density at radius 1 is 1.33 bits per heavy atom. The molecule has 0 aliphatic heterocycles. The zero-order valence-corrected chi connectivity index (χ0v) is 11.8. The van der Waals surface area contributed by atoms with Gasteiger partial charge in [-0.05, 0) is 37.9 Å². The van der Waals surface area contributed by atoms with E-state index in [1.165, 1.54) is 19.3 Å². The van der Waals surface area contributed by atoms with Gasteiger partial charge in [-0.3, -0.25) is 0 Å². The highest BCUT2D eigenvalue weighted by molar-refractivity contribution is 6.31. The third-order valence-electron chi connectivity index (χ3n) is 2.86. The smallest absolute Gasteiger partial charge is 0.124 e. The zero-order valence-electron chi connectivity index (χ0n) is 11.0. The Morgan fingerprint density at radius 3 is 2.89 bits per heavy atom. The average Bonchev–Trinajstić information content (AvgIpc) is 2.39. The van der Waals surface area contributed by atoms with E-state index in [0.29, 0.717) is 0 Å². The standard InChI is InChI=1S/C15H22ClNO/c1-3-4-5-6-7-11-17-12-13-14(16)9-8-10-15(13)18-2/h3,8-10,17H,1,4-7,11-12H2,2H3. The van der Waals surface area contributed by atoms with Crippen LogP contribution >= 0.6 is 11.6 Å². The molecule has 1 aromatic rings. The van der Waals surface area contributed by atoms with Gasteiger partial charge >= 0.3 is 0 Å². The quantitative estimate of drug-likeness (QED) is 0.535. The van der Waals surface area contributed by atoms with Crippen molar-refractivity contribution in [1.29, 1.82) is 0 Å². The highest BCUT2D eigenvalue weighted by Crippen LogP contribution is 2.25. The maximum Gasteiger partial charge on any atom is 0.124 e. The molecule has 0 saturated heterocycles. The van der Waals surface area contributed by atoms with Crippen molar-refractivity contribution in [2.45, 2.75) is 32.2 Å². The van der Waals surface area contributed by atoms with Gasteiger partial charge in [-0.15, -0.1) is 6.58 Å². The van der Waals surface area contributed by atoms with E-state index in [1.54, 1.807) is 7.11 Å². The molecule has 0 fully saturated rings. The minimum atomic E-state index is 0.754. The van der Waals surface area contributed by atoms with E-state index in [0.717, 1.165) is 35.8 Å². The van der Waals surface area contributed by atoms with Gasteiger partial charge in [0.2, 0.25) is 0 Å². The molecule has 0 aliphatic carbocycles. The van der Waals surface area contributed by atoms with Crippen LogP contribution in [0.3, 0.4) is 0 Å². The minimum absolute atomic E-state index is 0.754. The summed E-state index contributed by atoms with van der Waals surface area (Å²) in [5.41, 5.74) is 1.03. The van der Waals surface area contributed by atoms with Gasteiger partial charge in [0, 0.05) is 17.1 Å². The van der Waals surface area contributed by atoms with Crippen molar-refractivity contribution >= 4 is 11.6 Å². The van der Waals surface area contributed by atoms with Crippen molar-refractivity contribution in [3.63, 3.8) is 0 Å². The number of benzene rings is 1. The van der Waals surface area contributed by atoms with Crippen LogP contribution in [0.5, 0.6) is 5.75 Å². The van der Waals surface area contributed by atoms with E-state index in [2.05, 4.69) is 11.9 Å². The molecule has 1 N–H and O–H groups in total. The molecule has 0 bridgehead atoms. The molecular formula is C15H22ClNO. The van der Waals surface area contributed by atoms with E-state index < -0.39 is 0 Å². The van der Waals surface area contributed by atoms with Crippen molar-refractivity contribution < 1.29 is 4.74 Å². The van der Waals surface area contributed by atoms with Crippen molar-refractivity contribution in [1.82, 2.24) is 5.32 Å². The van der Waals surface area contributed by atoms with Gasteiger partial charge in [0.15, 0.2) is 0 Å². The predicted molar refractivity (Wildman–Crippen MR) is 78.4 cm³/mol. The lowest BCUT2D eigenvalue weighted by atomic mass is 10.1. The van der Waals surface area contributed by atoms with E-state index in [9.17, 15) is 0 Å². The molecule has 0 aromatic heterocycles. The lowest BCUT2D eigenvalue weighted by molar-refractivity contribution is 0.407. The van der Waals surface area contributed by atoms with Crippen LogP contribution in [0, 0.1) is 0 Å². The van der Waals surface area contributed by atoms with Gasteiger partial charge < -0.3 is 10.1 Å². The Balaban J connectivity index is 2.28. The van der Waals surface area contributed by atoms with Gasteiger partial charge in [-0.2, -0.15) is 0 Å². The molecule has 100 valence electrons. The molecule has 2 nitrogen and oxygen atoms in total.